The third-order valence-electron chi connectivity index (χ3n) is 4.07. The van der Waals surface area contributed by atoms with Crippen molar-refractivity contribution in [3.63, 3.8) is 0 Å². The van der Waals surface area contributed by atoms with Crippen LogP contribution in [0.15, 0.2) is 65.6 Å². The third kappa shape index (κ3) is 5.92. The lowest BCUT2D eigenvalue weighted by atomic mass is 10.2. The monoisotopic (exact) mass is 429 g/mol. The van der Waals surface area contributed by atoms with E-state index in [-0.39, 0.29) is 11.7 Å². The molecule has 0 bridgehead atoms. The molecule has 1 aromatic heterocycles. The summed E-state index contributed by atoms with van der Waals surface area (Å²) in [4.78, 5) is 26.7. The second kappa shape index (κ2) is 10.2. The Labute approximate surface area is 177 Å². The van der Waals surface area contributed by atoms with E-state index in [1.807, 2.05) is 30.3 Å². The van der Waals surface area contributed by atoms with Gasteiger partial charge in [0.1, 0.15) is 10.7 Å². The van der Waals surface area contributed by atoms with E-state index < -0.39 is 5.97 Å². The Morgan fingerprint density at radius 1 is 1.10 bits per heavy atom. The van der Waals surface area contributed by atoms with Gasteiger partial charge < -0.3 is 10.1 Å². The number of amides is 1. The van der Waals surface area contributed by atoms with Gasteiger partial charge in [-0.3, -0.25) is 4.79 Å². The van der Waals surface area contributed by atoms with Crippen LogP contribution >= 0.6 is 23.1 Å². The van der Waals surface area contributed by atoms with E-state index >= 15 is 0 Å². The van der Waals surface area contributed by atoms with Crippen LogP contribution in [0.5, 0.6) is 0 Å². The van der Waals surface area contributed by atoms with Crippen LogP contribution in [0.25, 0.3) is 10.4 Å². The highest BCUT2D eigenvalue weighted by Gasteiger charge is 2.19. The first-order chi connectivity index (χ1) is 14.1. The Balaban J connectivity index is 1.59. The molecule has 0 unspecified atom stereocenters. The molecule has 0 aliphatic heterocycles. The van der Waals surface area contributed by atoms with E-state index in [9.17, 15) is 14.0 Å². The predicted octanol–water partition coefficient (Wildman–Crippen LogP) is 5.85. The van der Waals surface area contributed by atoms with E-state index in [4.69, 9.17) is 4.74 Å². The summed E-state index contributed by atoms with van der Waals surface area (Å²) >= 11 is 2.86. The summed E-state index contributed by atoms with van der Waals surface area (Å²) in [6, 6.07) is 17.7. The van der Waals surface area contributed by atoms with Crippen LogP contribution in [0.2, 0.25) is 0 Å². The normalized spacial score (nSPS) is 10.6. The predicted molar refractivity (Wildman–Crippen MR) is 116 cm³/mol. The molecule has 0 aliphatic rings. The molecule has 1 heterocycles. The zero-order valence-corrected chi connectivity index (χ0v) is 17.4. The fourth-order valence-electron chi connectivity index (χ4n) is 2.64. The highest BCUT2D eigenvalue weighted by Crippen LogP contribution is 2.35. The van der Waals surface area contributed by atoms with Crippen LogP contribution in [0, 0.1) is 5.82 Å². The van der Waals surface area contributed by atoms with E-state index in [1.165, 1.54) is 30.6 Å². The second-order valence-corrected chi connectivity index (χ2v) is 8.39. The minimum absolute atomic E-state index is 0.160. The molecule has 2 aromatic carbocycles. The molecule has 0 saturated carbocycles. The number of hydrogen-bond donors (Lipinski definition) is 1. The number of nitrogens with one attached hydrogen (secondary N) is 1. The number of benzene rings is 2. The SMILES string of the molecule is COC(=O)c1sc(-c2ccccc2)cc1NC(=O)CCCSc1ccc(F)cc1. The number of carbonyl (C=O) groups is 2. The summed E-state index contributed by atoms with van der Waals surface area (Å²) in [5.74, 6) is -0.158. The molecule has 150 valence electrons. The Morgan fingerprint density at radius 3 is 2.52 bits per heavy atom. The maximum Gasteiger partial charge on any atom is 0.350 e. The number of methoxy groups -OCH3 is 1. The van der Waals surface area contributed by atoms with E-state index in [1.54, 1.807) is 30.0 Å². The van der Waals surface area contributed by atoms with E-state index in [0.717, 1.165) is 21.1 Å². The van der Waals surface area contributed by atoms with Gasteiger partial charge in [0.15, 0.2) is 0 Å². The minimum Gasteiger partial charge on any atom is -0.465 e. The van der Waals surface area contributed by atoms with Gasteiger partial charge in [-0.2, -0.15) is 0 Å². The molecule has 1 amide bonds. The third-order valence-corrected chi connectivity index (χ3v) is 6.33. The van der Waals surface area contributed by atoms with Gasteiger partial charge in [0, 0.05) is 16.2 Å². The number of halogens is 1. The van der Waals surface area contributed by atoms with Gasteiger partial charge in [-0.25, -0.2) is 9.18 Å². The van der Waals surface area contributed by atoms with E-state index in [2.05, 4.69) is 5.32 Å². The van der Waals surface area contributed by atoms with Crippen LogP contribution < -0.4 is 5.32 Å². The molecule has 3 rings (SSSR count). The molecule has 29 heavy (non-hydrogen) atoms. The lowest BCUT2D eigenvalue weighted by Crippen LogP contribution is -2.13. The van der Waals surface area contributed by atoms with Gasteiger partial charge in [0.2, 0.25) is 5.91 Å². The van der Waals surface area contributed by atoms with Crippen LogP contribution in [0.3, 0.4) is 0 Å². The summed E-state index contributed by atoms with van der Waals surface area (Å²) in [6.45, 7) is 0. The van der Waals surface area contributed by atoms with Crippen molar-refractivity contribution >= 4 is 40.7 Å². The van der Waals surface area contributed by atoms with Crippen molar-refractivity contribution in [3.8, 4) is 10.4 Å². The van der Waals surface area contributed by atoms with Gasteiger partial charge in [-0.1, -0.05) is 30.3 Å². The second-order valence-electron chi connectivity index (χ2n) is 6.17. The number of carbonyl (C=O) groups excluding carboxylic acids is 2. The largest absolute Gasteiger partial charge is 0.465 e. The van der Waals surface area contributed by atoms with Gasteiger partial charge in [-0.15, -0.1) is 23.1 Å². The molecule has 0 aliphatic carbocycles. The summed E-state index contributed by atoms with van der Waals surface area (Å²) in [5.41, 5.74) is 1.44. The van der Waals surface area contributed by atoms with E-state index in [0.29, 0.717) is 23.4 Å². The van der Waals surface area contributed by atoms with Crippen molar-refractivity contribution in [2.24, 2.45) is 0 Å². The first kappa shape index (κ1) is 21.1. The molecule has 1 N–H and O–H groups in total. The average molecular weight is 430 g/mol. The maximum atomic E-state index is 12.9. The number of anilines is 1. The first-order valence-corrected chi connectivity index (χ1v) is 10.8. The highest BCUT2D eigenvalue weighted by molar-refractivity contribution is 7.99. The van der Waals surface area contributed by atoms with Gasteiger partial charge in [-0.05, 0) is 48.1 Å². The zero-order chi connectivity index (χ0) is 20.6. The highest BCUT2D eigenvalue weighted by atomic mass is 32.2. The Hall–Kier alpha value is -2.64. The molecule has 0 atom stereocenters. The number of thiophene rings is 1. The Bertz CT molecular complexity index is 971. The standard InChI is InChI=1S/C22H20FNO3S2/c1-27-22(26)21-18(14-19(29-21)15-6-3-2-4-7-15)24-20(25)8-5-13-28-17-11-9-16(23)10-12-17/h2-4,6-7,9-12,14H,5,8,13H2,1H3,(H,24,25). The van der Waals surface area contributed by atoms with Gasteiger partial charge in [0.05, 0.1) is 12.8 Å². The lowest BCUT2D eigenvalue weighted by molar-refractivity contribution is -0.116. The van der Waals surface area contributed by atoms with Crippen molar-refractivity contribution in [1.29, 1.82) is 0 Å². The molecule has 3 aromatic rings. The fourth-order valence-corrected chi connectivity index (χ4v) is 4.53. The van der Waals surface area contributed by atoms with Crippen LogP contribution in [0.4, 0.5) is 10.1 Å². The topological polar surface area (TPSA) is 55.4 Å². The zero-order valence-electron chi connectivity index (χ0n) is 15.8. The Kier molecular flexibility index (Phi) is 7.43. The molecule has 0 fully saturated rings. The maximum absolute atomic E-state index is 12.9. The summed E-state index contributed by atoms with van der Waals surface area (Å²) in [5, 5.41) is 2.83. The molecule has 4 nitrogen and oxygen atoms in total. The number of hydrogen-bond acceptors (Lipinski definition) is 5. The summed E-state index contributed by atoms with van der Waals surface area (Å²) in [7, 11) is 1.32. The van der Waals surface area contributed by atoms with Crippen molar-refractivity contribution in [2.75, 3.05) is 18.2 Å². The number of thioether (sulfide) groups is 1. The fraction of sp³-hybridized carbons (Fsp3) is 0.182. The molecule has 0 spiro atoms. The quantitative estimate of drug-likeness (QED) is 0.277. The molecule has 0 radical (unpaired) electrons. The van der Waals surface area contributed by atoms with Gasteiger partial charge in [0.25, 0.3) is 0 Å². The molecule has 0 saturated heterocycles. The summed E-state index contributed by atoms with van der Waals surface area (Å²) < 4.78 is 17.8. The van der Waals surface area contributed by atoms with Crippen molar-refractivity contribution in [3.05, 3.63) is 71.4 Å². The number of rotatable bonds is 8. The lowest BCUT2D eigenvalue weighted by Gasteiger charge is -2.06. The minimum atomic E-state index is -0.473. The van der Waals surface area contributed by atoms with Crippen LogP contribution in [-0.2, 0) is 9.53 Å². The number of esters is 1. The number of ether oxygens (including phenoxy) is 1. The van der Waals surface area contributed by atoms with Crippen LogP contribution in [-0.4, -0.2) is 24.7 Å². The van der Waals surface area contributed by atoms with Crippen molar-refractivity contribution < 1.29 is 18.7 Å². The summed E-state index contributed by atoms with van der Waals surface area (Å²) in [6.07, 6.45) is 0.989. The molecular formula is C22H20FNO3S2. The smallest absolute Gasteiger partial charge is 0.350 e. The van der Waals surface area contributed by atoms with Gasteiger partial charge >= 0.3 is 5.97 Å². The first-order valence-electron chi connectivity index (χ1n) is 9.02. The van der Waals surface area contributed by atoms with Crippen molar-refractivity contribution in [1.82, 2.24) is 0 Å². The average Bonchev–Trinajstić information content (AvgIpc) is 3.16. The van der Waals surface area contributed by atoms with Crippen molar-refractivity contribution in [2.45, 2.75) is 17.7 Å². The van der Waals surface area contributed by atoms with Crippen LogP contribution in [0.1, 0.15) is 22.5 Å². The Morgan fingerprint density at radius 2 is 1.83 bits per heavy atom. The molecule has 7 heteroatoms. The molecular weight excluding hydrogens is 409 g/mol.